The smallest absolute Gasteiger partial charge is 1.00 e. The van der Waals surface area contributed by atoms with E-state index in [4.69, 9.17) is 0 Å². The van der Waals surface area contributed by atoms with Crippen LogP contribution in [0.25, 0.3) is 0 Å². The first-order valence-electron chi connectivity index (χ1n) is 15.2. The number of hydrogen-bond acceptors (Lipinski definition) is 1. The van der Waals surface area contributed by atoms with E-state index in [9.17, 15) is 0 Å². The van der Waals surface area contributed by atoms with E-state index in [0.717, 1.165) is 0 Å². The minimum Gasteiger partial charge on any atom is -1.00 e. The fourth-order valence-corrected chi connectivity index (χ4v) is 13.1. The second-order valence-electron chi connectivity index (χ2n) is 15.0. The first kappa shape index (κ1) is 43.7. The summed E-state index contributed by atoms with van der Waals surface area (Å²) in [5, 5.41) is 4.12. The molecule has 0 saturated heterocycles. The number of hydrogen-bond donors (Lipinski definition) is 0. The SMILES string of the molecule is CC1=[C-]C(C)([Si](c2cc(C)cc(C)c2)(c2cccc(N(C)C)c2)c2cc(C(C)(C)C)cc(C(C)(C)C)c2)C(C)=C1C.[Cl-].[Cl-].[Cl-].[Ti+4]. The fourth-order valence-electron chi connectivity index (χ4n) is 6.88. The van der Waals surface area contributed by atoms with Crippen molar-refractivity contribution >= 4 is 29.3 Å². The van der Waals surface area contributed by atoms with Crippen LogP contribution >= 0.6 is 0 Å². The molecule has 0 N–H and O–H groups in total. The topological polar surface area (TPSA) is 3.24 Å². The van der Waals surface area contributed by atoms with Gasteiger partial charge >= 0.3 is 21.7 Å². The molecule has 1 nitrogen and oxygen atoms in total. The van der Waals surface area contributed by atoms with Crippen molar-refractivity contribution in [2.24, 2.45) is 0 Å². The minimum atomic E-state index is -2.84. The van der Waals surface area contributed by atoms with Gasteiger partial charge < -0.3 is 42.1 Å². The summed E-state index contributed by atoms with van der Waals surface area (Å²) in [5.74, 6) is 0. The van der Waals surface area contributed by atoms with Crippen LogP contribution in [0.5, 0.6) is 0 Å². The van der Waals surface area contributed by atoms with Gasteiger partial charge in [-0.15, -0.1) is 6.92 Å². The number of rotatable bonds is 5. The first-order chi connectivity index (χ1) is 18.8. The maximum Gasteiger partial charge on any atom is 4.00 e. The third-order valence-corrected chi connectivity index (χ3v) is 15.1. The molecule has 0 fully saturated rings. The molecule has 0 aromatic heterocycles. The number of halogens is 3. The van der Waals surface area contributed by atoms with Gasteiger partial charge in [0.1, 0.15) is 8.07 Å². The van der Waals surface area contributed by atoms with Crippen molar-refractivity contribution in [1.82, 2.24) is 0 Å². The molecule has 3 aromatic carbocycles. The molecule has 0 radical (unpaired) electrons. The molecule has 3 aromatic rings. The average molecular weight is 717 g/mol. The van der Waals surface area contributed by atoms with E-state index in [1.165, 1.54) is 60.2 Å². The van der Waals surface area contributed by atoms with Crippen molar-refractivity contribution in [2.45, 2.75) is 99.0 Å². The van der Waals surface area contributed by atoms with Gasteiger partial charge in [-0.3, -0.25) is 6.08 Å². The Morgan fingerprint density at radius 3 is 1.51 bits per heavy atom. The van der Waals surface area contributed by atoms with Gasteiger partial charge in [-0.25, -0.2) is 5.57 Å². The summed E-state index contributed by atoms with van der Waals surface area (Å²) in [6, 6.07) is 24.3. The molecule has 2 unspecified atom stereocenters. The Hall–Kier alpha value is -1.26. The Balaban J connectivity index is 0.00000484. The Morgan fingerprint density at radius 1 is 0.644 bits per heavy atom. The predicted molar refractivity (Wildman–Crippen MR) is 184 cm³/mol. The van der Waals surface area contributed by atoms with E-state index >= 15 is 0 Å². The molecule has 0 amide bonds. The quantitative estimate of drug-likeness (QED) is 0.192. The minimum absolute atomic E-state index is 0. The van der Waals surface area contributed by atoms with Gasteiger partial charge in [-0.2, -0.15) is 11.1 Å². The molecule has 6 heteroatoms. The number of aryl methyl sites for hydroxylation is 2. The zero-order valence-electron chi connectivity index (χ0n) is 29.9. The molecule has 45 heavy (non-hydrogen) atoms. The zero-order valence-corrected chi connectivity index (χ0v) is 34.7. The van der Waals surface area contributed by atoms with Crippen LogP contribution in [0.4, 0.5) is 5.69 Å². The van der Waals surface area contributed by atoms with E-state index in [-0.39, 0.29) is 74.8 Å². The first-order valence-corrected chi connectivity index (χ1v) is 17.2. The van der Waals surface area contributed by atoms with Crippen LogP contribution in [-0.4, -0.2) is 22.2 Å². The molecule has 242 valence electrons. The molecule has 0 aliphatic heterocycles. The summed E-state index contributed by atoms with van der Waals surface area (Å²) >= 11 is 0. The van der Waals surface area contributed by atoms with Crippen LogP contribution in [0, 0.1) is 19.9 Å². The molecule has 0 spiro atoms. The molecule has 0 saturated carbocycles. The summed E-state index contributed by atoms with van der Waals surface area (Å²) in [4.78, 5) is 2.24. The maximum absolute atomic E-state index is 4.16. The number of nitrogens with zero attached hydrogens (tertiary/aromatic N) is 1. The van der Waals surface area contributed by atoms with Crippen LogP contribution < -0.4 is 57.7 Å². The van der Waals surface area contributed by atoms with Gasteiger partial charge in [-0.1, -0.05) is 127 Å². The summed E-state index contributed by atoms with van der Waals surface area (Å²) in [6.45, 7) is 28.1. The third kappa shape index (κ3) is 7.90. The monoisotopic (exact) mass is 715 g/mol. The van der Waals surface area contributed by atoms with Crippen molar-refractivity contribution in [2.75, 3.05) is 19.0 Å². The second-order valence-corrected chi connectivity index (χ2v) is 19.2. The van der Waals surface area contributed by atoms with E-state index in [2.05, 4.69) is 169 Å². The van der Waals surface area contributed by atoms with Crippen molar-refractivity contribution in [3.8, 4) is 0 Å². The van der Waals surface area contributed by atoms with Crippen molar-refractivity contribution in [1.29, 1.82) is 0 Å². The Morgan fingerprint density at radius 2 is 1.11 bits per heavy atom. The Bertz CT molecular complexity index is 1510. The summed E-state index contributed by atoms with van der Waals surface area (Å²) in [6.07, 6.45) is 4.16. The molecule has 4 rings (SSSR count). The standard InChI is InChI=1S/C39H52NSi.3ClH.Ti/c1-26-18-27(2)20-35(19-26)41(34-17-15-16-33(24-34)40(13)14,39(12)25-28(3)29(4)30(39)5)36-22-31(37(6,7)8)21-32(23-36)38(9,10)11;;;;/h15-24H,1-14H3;3*1H;/q-1;;;;+4/p-3. The van der Waals surface area contributed by atoms with Gasteiger partial charge in [-0.05, 0) is 63.5 Å². The number of allylic oxidation sites excluding steroid dienone is 4. The van der Waals surface area contributed by atoms with Crippen LogP contribution in [0.3, 0.4) is 0 Å². The zero-order chi connectivity index (χ0) is 30.7. The average Bonchev–Trinajstić information content (AvgIpc) is 3.05. The third-order valence-electron chi connectivity index (χ3n) is 9.61. The van der Waals surface area contributed by atoms with Gasteiger partial charge in [0.2, 0.25) is 0 Å². The molecule has 0 bridgehead atoms. The molecular weight excluding hydrogens is 665 g/mol. The maximum atomic E-state index is 4.16. The predicted octanol–water partition coefficient (Wildman–Crippen LogP) is -0.696. The molecule has 0 heterocycles. The van der Waals surface area contributed by atoms with Crippen molar-refractivity contribution in [3.63, 3.8) is 0 Å². The molecular formula is C39H52Cl3NSiTi. The van der Waals surface area contributed by atoms with E-state index < -0.39 is 8.07 Å². The molecule has 1 aliphatic carbocycles. The van der Waals surface area contributed by atoms with Gasteiger partial charge in [0.05, 0.1) is 0 Å². The Labute approximate surface area is 309 Å². The van der Waals surface area contributed by atoms with E-state index in [1.807, 2.05) is 0 Å². The van der Waals surface area contributed by atoms with E-state index in [0.29, 0.717) is 0 Å². The van der Waals surface area contributed by atoms with Crippen LogP contribution in [0.2, 0.25) is 5.04 Å². The van der Waals surface area contributed by atoms with Crippen LogP contribution in [0.1, 0.15) is 91.5 Å². The summed E-state index contributed by atoms with van der Waals surface area (Å²) in [5.41, 5.74) is 10.9. The normalized spacial score (nSPS) is 17.6. The van der Waals surface area contributed by atoms with Crippen molar-refractivity contribution in [3.05, 3.63) is 106 Å². The van der Waals surface area contributed by atoms with Crippen LogP contribution in [-0.2, 0) is 32.5 Å². The second kappa shape index (κ2) is 15.3. The Kier molecular flexibility index (Phi) is 14.9. The van der Waals surface area contributed by atoms with E-state index in [1.54, 1.807) is 0 Å². The molecule has 1 aliphatic rings. The number of anilines is 1. The van der Waals surface area contributed by atoms with Gasteiger partial charge in [0.25, 0.3) is 0 Å². The van der Waals surface area contributed by atoms with Gasteiger partial charge in [0, 0.05) is 19.8 Å². The fraction of sp³-hybridized carbons (Fsp3) is 0.436. The molecule has 2 atom stereocenters. The largest absolute Gasteiger partial charge is 4.00 e. The number of benzene rings is 3. The summed E-state index contributed by atoms with van der Waals surface area (Å²) in [7, 11) is 1.47. The van der Waals surface area contributed by atoms with Crippen LogP contribution in [0.15, 0.2) is 77.4 Å². The van der Waals surface area contributed by atoms with Crippen molar-refractivity contribution < 1.29 is 58.9 Å². The summed E-state index contributed by atoms with van der Waals surface area (Å²) < 4.78 is 0. The van der Waals surface area contributed by atoms with Gasteiger partial charge in [0.15, 0.2) is 0 Å².